The van der Waals surface area contributed by atoms with Crippen molar-refractivity contribution in [3.8, 4) is 17.3 Å². The lowest BCUT2D eigenvalue weighted by atomic mass is 10.0. The minimum absolute atomic E-state index is 0.0942. The van der Waals surface area contributed by atoms with Crippen LogP contribution in [0.5, 0.6) is 11.6 Å². The number of alkyl halides is 6. The van der Waals surface area contributed by atoms with E-state index in [1.165, 1.54) is 35.9 Å². The Morgan fingerprint density at radius 3 is 2.24 bits per heavy atom. The number of benzene rings is 1. The van der Waals surface area contributed by atoms with Crippen LogP contribution in [0.2, 0.25) is 0 Å². The number of fused-ring (bicyclic) bond motifs is 1. The predicted octanol–water partition coefficient (Wildman–Crippen LogP) is 3.97. The van der Waals surface area contributed by atoms with E-state index in [-0.39, 0.29) is 28.7 Å². The molecule has 0 radical (unpaired) electrons. The first-order chi connectivity index (χ1) is 15.2. The minimum atomic E-state index is -5.06. The highest BCUT2D eigenvalue weighted by atomic mass is 19.4. The Bertz CT molecular complexity index is 1160. The number of carbonyl (C=O) groups is 1. The van der Waals surface area contributed by atoms with Gasteiger partial charge in [-0.15, -0.1) is 13.2 Å². The number of aliphatic hydroxyl groups is 1. The molecule has 33 heavy (non-hydrogen) atoms. The van der Waals surface area contributed by atoms with E-state index >= 15 is 0 Å². The average molecular weight is 478 g/mol. The summed E-state index contributed by atoms with van der Waals surface area (Å²) in [5, 5.41) is 11.7. The average Bonchev–Trinajstić information content (AvgIpc) is 3.02. The summed E-state index contributed by atoms with van der Waals surface area (Å²) in [6.07, 6.45) is -11.3. The fourth-order valence-electron chi connectivity index (χ4n) is 2.76. The fourth-order valence-corrected chi connectivity index (χ4v) is 2.76. The molecule has 0 saturated carbocycles. The molecule has 1 aromatic carbocycles. The lowest BCUT2D eigenvalue weighted by Crippen LogP contribution is -2.45. The molecule has 3 rings (SSSR count). The molecule has 0 aliphatic rings. The molecule has 2 heterocycles. The van der Waals surface area contributed by atoms with E-state index < -0.39 is 36.2 Å². The van der Waals surface area contributed by atoms with E-state index in [9.17, 15) is 36.2 Å². The summed E-state index contributed by atoms with van der Waals surface area (Å²) in [7, 11) is 1.33. The number of aromatic nitrogens is 3. The molecule has 1 atom stereocenters. The van der Waals surface area contributed by atoms with Gasteiger partial charge in [-0.1, -0.05) is 0 Å². The summed E-state index contributed by atoms with van der Waals surface area (Å²) in [5.41, 5.74) is -2.85. The van der Waals surface area contributed by atoms with Crippen molar-refractivity contribution in [2.24, 2.45) is 0 Å². The zero-order valence-corrected chi connectivity index (χ0v) is 17.0. The van der Waals surface area contributed by atoms with E-state index in [0.717, 1.165) is 12.1 Å². The van der Waals surface area contributed by atoms with Gasteiger partial charge in [-0.25, -0.2) is 4.98 Å². The van der Waals surface area contributed by atoms with Crippen molar-refractivity contribution < 1.29 is 45.7 Å². The molecule has 0 aliphatic carbocycles. The highest BCUT2D eigenvalue weighted by molar-refractivity contribution is 5.92. The largest absolute Gasteiger partial charge is 0.573 e. The molecule has 14 heteroatoms. The Morgan fingerprint density at radius 1 is 1.06 bits per heavy atom. The number of imidazole rings is 1. The molecule has 0 bridgehead atoms. The van der Waals surface area contributed by atoms with Crippen molar-refractivity contribution >= 4 is 23.0 Å². The first-order valence-corrected chi connectivity index (χ1v) is 9.09. The molecule has 2 N–H and O–H groups in total. The Labute approximate surface area is 181 Å². The number of halogens is 6. The molecule has 0 fully saturated rings. The van der Waals surface area contributed by atoms with E-state index in [1.54, 1.807) is 0 Å². The van der Waals surface area contributed by atoms with E-state index in [0.29, 0.717) is 6.92 Å². The smallest absolute Gasteiger partial charge is 0.481 e. The molecule has 0 unspecified atom stereocenters. The van der Waals surface area contributed by atoms with Crippen LogP contribution in [0.25, 0.3) is 16.9 Å². The quantitative estimate of drug-likeness (QED) is 0.521. The number of pyridine rings is 1. The number of rotatable bonds is 6. The number of carbonyl (C=O) groups excluding carboxylic acids is 1. The number of methoxy groups -OCH3 is 1. The second kappa shape index (κ2) is 8.42. The van der Waals surface area contributed by atoms with Crippen molar-refractivity contribution in [2.45, 2.75) is 31.5 Å². The van der Waals surface area contributed by atoms with Gasteiger partial charge in [0.15, 0.2) is 11.2 Å². The van der Waals surface area contributed by atoms with Crippen molar-refractivity contribution in [2.75, 3.05) is 12.4 Å². The van der Waals surface area contributed by atoms with Crippen molar-refractivity contribution in [3.63, 3.8) is 0 Å². The fraction of sp³-hybridized carbons (Fsp3) is 0.316. The molecule has 0 aliphatic heterocycles. The van der Waals surface area contributed by atoms with Crippen LogP contribution in [-0.4, -0.2) is 50.8 Å². The van der Waals surface area contributed by atoms with Crippen LogP contribution in [0.1, 0.15) is 13.3 Å². The molecular weight excluding hydrogens is 462 g/mol. The normalized spacial score (nSPS) is 14.1. The third kappa shape index (κ3) is 5.45. The number of anilines is 1. The Hall–Kier alpha value is -3.55. The van der Waals surface area contributed by atoms with Crippen LogP contribution in [0.4, 0.5) is 32.3 Å². The lowest BCUT2D eigenvalue weighted by Gasteiger charge is -2.25. The number of nitrogens with one attached hydrogen (secondary N) is 1. The summed E-state index contributed by atoms with van der Waals surface area (Å²) in [6, 6.07) is 7.29. The van der Waals surface area contributed by atoms with E-state index in [4.69, 9.17) is 4.74 Å². The third-order valence-electron chi connectivity index (χ3n) is 4.38. The molecule has 3 aromatic rings. The SMILES string of the molecule is COc1ccc2nc(NC(=O)C[C@@](C)(O)C(F)(F)F)n(-c3ccc(OC(F)(F)F)cc3)c2n1. The highest BCUT2D eigenvalue weighted by Crippen LogP contribution is 2.33. The van der Waals surface area contributed by atoms with Gasteiger partial charge in [-0.3, -0.25) is 14.7 Å². The van der Waals surface area contributed by atoms with Gasteiger partial charge in [0.2, 0.25) is 17.7 Å². The molecule has 178 valence electrons. The monoisotopic (exact) mass is 478 g/mol. The van der Waals surface area contributed by atoms with Gasteiger partial charge in [0, 0.05) is 6.07 Å². The molecule has 0 saturated heterocycles. The molecule has 1 amide bonds. The number of amides is 1. The van der Waals surface area contributed by atoms with Crippen LogP contribution in [-0.2, 0) is 4.79 Å². The first kappa shape index (κ1) is 24.1. The number of nitrogens with zero attached hydrogens (tertiary/aromatic N) is 3. The summed E-state index contributed by atoms with van der Waals surface area (Å²) >= 11 is 0. The number of hydrogen-bond donors (Lipinski definition) is 2. The maximum absolute atomic E-state index is 12.9. The van der Waals surface area contributed by atoms with Crippen molar-refractivity contribution in [1.29, 1.82) is 0 Å². The van der Waals surface area contributed by atoms with E-state index in [2.05, 4.69) is 20.0 Å². The van der Waals surface area contributed by atoms with Crippen LogP contribution in [0, 0.1) is 0 Å². The predicted molar refractivity (Wildman–Crippen MR) is 102 cm³/mol. The Kier molecular flexibility index (Phi) is 6.15. The number of ether oxygens (including phenoxy) is 2. The van der Waals surface area contributed by atoms with Crippen molar-refractivity contribution in [3.05, 3.63) is 36.4 Å². The zero-order valence-electron chi connectivity index (χ0n) is 17.0. The topological polar surface area (TPSA) is 98.5 Å². The molecule has 8 nitrogen and oxygen atoms in total. The highest BCUT2D eigenvalue weighted by Gasteiger charge is 2.51. The van der Waals surface area contributed by atoms with Gasteiger partial charge in [0.1, 0.15) is 11.3 Å². The van der Waals surface area contributed by atoms with E-state index in [1.807, 2.05) is 0 Å². The second-order valence-electron chi connectivity index (χ2n) is 7.01. The van der Waals surface area contributed by atoms with Gasteiger partial charge in [-0.2, -0.15) is 18.2 Å². The lowest BCUT2D eigenvalue weighted by molar-refractivity contribution is -0.274. The van der Waals surface area contributed by atoms with Gasteiger partial charge < -0.3 is 14.6 Å². The van der Waals surface area contributed by atoms with Gasteiger partial charge in [0.25, 0.3) is 0 Å². The summed E-state index contributed by atoms with van der Waals surface area (Å²) in [5.74, 6) is -1.87. The molecular formula is C19H16F6N4O4. The third-order valence-corrected chi connectivity index (χ3v) is 4.38. The standard InChI is InChI=1S/C19H16F6N4O4/c1-17(31,18(20,21)22)9-13(30)27-16-26-12-7-8-14(32-2)28-15(12)29(16)10-3-5-11(6-4-10)33-19(23,24)25/h3-8,31H,9H2,1-2H3,(H,26,27,30)/t17-/m1/s1. The maximum atomic E-state index is 12.9. The van der Waals surface area contributed by atoms with Crippen LogP contribution >= 0.6 is 0 Å². The minimum Gasteiger partial charge on any atom is -0.481 e. The molecule has 2 aromatic heterocycles. The second-order valence-corrected chi connectivity index (χ2v) is 7.01. The van der Waals surface area contributed by atoms with Gasteiger partial charge >= 0.3 is 12.5 Å². The first-order valence-electron chi connectivity index (χ1n) is 9.09. The number of hydrogen-bond acceptors (Lipinski definition) is 6. The Balaban J connectivity index is 2.02. The summed E-state index contributed by atoms with van der Waals surface area (Å²) in [6.45, 7) is 0.446. The summed E-state index contributed by atoms with van der Waals surface area (Å²) in [4.78, 5) is 20.6. The van der Waals surface area contributed by atoms with Crippen LogP contribution < -0.4 is 14.8 Å². The maximum Gasteiger partial charge on any atom is 0.573 e. The van der Waals surface area contributed by atoms with Crippen LogP contribution in [0.3, 0.4) is 0 Å². The van der Waals surface area contributed by atoms with Crippen LogP contribution in [0.15, 0.2) is 36.4 Å². The summed E-state index contributed by atoms with van der Waals surface area (Å²) < 4.78 is 86.1. The Morgan fingerprint density at radius 2 is 1.70 bits per heavy atom. The van der Waals surface area contributed by atoms with Gasteiger partial charge in [0.05, 0.1) is 19.2 Å². The zero-order chi connectivity index (χ0) is 24.6. The van der Waals surface area contributed by atoms with Gasteiger partial charge in [-0.05, 0) is 37.3 Å². The molecule has 0 spiro atoms. The van der Waals surface area contributed by atoms with Crippen molar-refractivity contribution in [1.82, 2.24) is 14.5 Å².